The molecule has 9 heteroatoms. The van der Waals surface area contributed by atoms with Gasteiger partial charge in [-0.1, -0.05) is 0 Å². The first-order chi connectivity index (χ1) is 15.5. The van der Waals surface area contributed by atoms with Gasteiger partial charge in [0.25, 0.3) is 0 Å². The summed E-state index contributed by atoms with van der Waals surface area (Å²) in [5, 5.41) is 26.5. The van der Waals surface area contributed by atoms with E-state index in [4.69, 9.17) is 15.1 Å². The van der Waals surface area contributed by atoms with Gasteiger partial charge in [0, 0.05) is 37.4 Å². The second-order valence-electron chi connectivity index (χ2n) is 9.01. The number of fused-ring (bicyclic) bond motifs is 1. The minimum absolute atomic E-state index is 0.210. The van der Waals surface area contributed by atoms with E-state index in [0.717, 1.165) is 55.5 Å². The Morgan fingerprint density at radius 2 is 2.12 bits per heavy atom. The summed E-state index contributed by atoms with van der Waals surface area (Å²) in [7, 11) is 1.91. The monoisotopic (exact) mass is 435 g/mol. The second kappa shape index (κ2) is 8.14. The van der Waals surface area contributed by atoms with Gasteiger partial charge in [0.15, 0.2) is 11.6 Å². The average molecular weight is 436 g/mol. The van der Waals surface area contributed by atoms with Gasteiger partial charge in [-0.15, -0.1) is 0 Å². The summed E-state index contributed by atoms with van der Waals surface area (Å²) in [6.45, 7) is 4.46. The number of rotatable bonds is 5. The number of hydrogen-bond acceptors (Lipinski definition) is 8. The number of aliphatic hydroxyl groups is 1. The largest absolute Gasteiger partial charge is 0.390 e. The third-order valence-corrected chi connectivity index (χ3v) is 6.79. The van der Waals surface area contributed by atoms with E-state index in [1.807, 2.05) is 36.1 Å². The van der Waals surface area contributed by atoms with Gasteiger partial charge in [0.05, 0.1) is 31.0 Å². The highest BCUT2D eigenvalue weighted by Crippen LogP contribution is 2.42. The number of ether oxygens (including phenoxy) is 1. The van der Waals surface area contributed by atoms with Crippen molar-refractivity contribution in [2.75, 3.05) is 29.9 Å². The van der Waals surface area contributed by atoms with Gasteiger partial charge >= 0.3 is 0 Å². The molecule has 168 valence electrons. The molecule has 5 rings (SSSR count). The lowest BCUT2D eigenvalue weighted by Crippen LogP contribution is -2.41. The standard InChI is InChI=1S/C23H29N7O2/c1-15-10-23(14-32-15)5-7-30(8-6-23)22-19(13-31)27-21(18(11-24)28-22)26-17-3-4-20-16(9-17)12-25-29(20)2/h3-4,9,11-12,15,24,31H,5-8,10,13-14H2,1-2H3,(H,26,27)/t15-/m0/s1. The lowest BCUT2D eigenvalue weighted by molar-refractivity contribution is 0.0975. The highest BCUT2D eigenvalue weighted by atomic mass is 16.5. The van der Waals surface area contributed by atoms with Gasteiger partial charge in [-0.3, -0.25) is 4.68 Å². The topological polar surface area (TPSA) is 112 Å². The van der Waals surface area contributed by atoms with Crippen molar-refractivity contribution in [3.63, 3.8) is 0 Å². The van der Waals surface area contributed by atoms with Crippen LogP contribution in [-0.2, 0) is 18.4 Å². The summed E-state index contributed by atoms with van der Waals surface area (Å²) in [6.07, 6.45) is 6.53. The molecule has 4 heterocycles. The van der Waals surface area contributed by atoms with Crippen LogP contribution in [0, 0.1) is 10.8 Å². The Morgan fingerprint density at radius 1 is 1.31 bits per heavy atom. The number of nitrogens with zero attached hydrogens (tertiary/aromatic N) is 5. The molecule has 32 heavy (non-hydrogen) atoms. The van der Waals surface area contributed by atoms with Crippen molar-refractivity contribution in [3.8, 4) is 0 Å². The number of benzene rings is 1. The quantitative estimate of drug-likeness (QED) is 0.528. The number of hydrogen-bond donors (Lipinski definition) is 3. The molecular weight excluding hydrogens is 406 g/mol. The van der Waals surface area contributed by atoms with Crippen molar-refractivity contribution in [2.24, 2.45) is 12.5 Å². The van der Waals surface area contributed by atoms with E-state index in [-0.39, 0.29) is 12.0 Å². The molecule has 2 aromatic heterocycles. The van der Waals surface area contributed by atoms with Crippen molar-refractivity contribution in [1.29, 1.82) is 5.41 Å². The fraction of sp³-hybridized carbons (Fsp3) is 0.478. The van der Waals surface area contributed by atoms with E-state index in [0.29, 0.717) is 29.1 Å². The predicted molar refractivity (Wildman–Crippen MR) is 124 cm³/mol. The van der Waals surface area contributed by atoms with Crippen molar-refractivity contribution in [3.05, 3.63) is 35.8 Å². The molecule has 0 amide bonds. The van der Waals surface area contributed by atoms with Gasteiger partial charge < -0.3 is 25.5 Å². The zero-order chi connectivity index (χ0) is 22.3. The van der Waals surface area contributed by atoms with Crippen molar-refractivity contribution >= 4 is 34.4 Å². The van der Waals surface area contributed by atoms with Crippen LogP contribution in [-0.4, -0.2) is 56.9 Å². The average Bonchev–Trinajstić information content (AvgIpc) is 3.36. The number of aliphatic hydroxyl groups excluding tert-OH is 1. The Bertz CT molecular complexity index is 1150. The number of aryl methyl sites for hydroxylation is 1. The van der Waals surface area contributed by atoms with Crippen LogP contribution in [0.4, 0.5) is 17.3 Å². The zero-order valence-electron chi connectivity index (χ0n) is 18.5. The van der Waals surface area contributed by atoms with E-state index in [1.165, 1.54) is 6.21 Å². The van der Waals surface area contributed by atoms with Crippen LogP contribution in [0.2, 0.25) is 0 Å². The highest BCUT2D eigenvalue weighted by Gasteiger charge is 2.41. The minimum Gasteiger partial charge on any atom is -0.390 e. The molecule has 0 bridgehead atoms. The Hall–Kier alpha value is -3.04. The van der Waals surface area contributed by atoms with Crippen LogP contribution in [0.1, 0.15) is 37.6 Å². The van der Waals surface area contributed by atoms with Gasteiger partial charge in [-0.25, -0.2) is 9.97 Å². The Kier molecular flexibility index (Phi) is 5.30. The first-order valence-corrected chi connectivity index (χ1v) is 11.1. The van der Waals surface area contributed by atoms with E-state index >= 15 is 0 Å². The summed E-state index contributed by atoms with van der Waals surface area (Å²) in [5.41, 5.74) is 3.09. The lowest BCUT2D eigenvalue weighted by atomic mass is 9.77. The van der Waals surface area contributed by atoms with E-state index in [9.17, 15) is 5.11 Å². The van der Waals surface area contributed by atoms with Gasteiger partial charge in [-0.05, 0) is 49.8 Å². The number of anilines is 3. The number of piperidine rings is 1. The Labute approximate surface area is 186 Å². The third kappa shape index (κ3) is 3.71. The fourth-order valence-corrected chi connectivity index (χ4v) is 4.99. The van der Waals surface area contributed by atoms with E-state index in [2.05, 4.69) is 27.2 Å². The Balaban J connectivity index is 1.40. The SMILES string of the molecule is C[C@H]1CC2(CCN(c3nc(C=N)c(Nc4ccc5c(cnn5C)c4)nc3CO)CC2)CO1. The van der Waals surface area contributed by atoms with E-state index < -0.39 is 0 Å². The number of aromatic nitrogens is 4. The summed E-state index contributed by atoms with van der Waals surface area (Å²) < 4.78 is 7.66. The summed E-state index contributed by atoms with van der Waals surface area (Å²) in [5.74, 6) is 1.13. The van der Waals surface area contributed by atoms with E-state index in [1.54, 1.807) is 0 Å². The summed E-state index contributed by atoms with van der Waals surface area (Å²) in [4.78, 5) is 11.6. The third-order valence-electron chi connectivity index (χ3n) is 6.79. The van der Waals surface area contributed by atoms with Gasteiger partial charge in [0.2, 0.25) is 0 Å². The molecule has 2 aliphatic heterocycles. The molecule has 0 aliphatic carbocycles. The summed E-state index contributed by atoms with van der Waals surface area (Å²) >= 11 is 0. The van der Waals surface area contributed by atoms with Crippen LogP contribution in [0.5, 0.6) is 0 Å². The van der Waals surface area contributed by atoms with Crippen molar-refractivity contribution < 1.29 is 9.84 Å². The van der Waals surface area contributed by atoms with Crippen molar-refractivity contribution in [1.82, 2.24) is 19.7 Å². The maximum absolute atomic E-state index is 10.0. The zero-order valence-corrected chi connectivity index (χ0v) is 18.5. The van der Waals surface area contributed by atoms with Crippen LogP contribution in [0.3, 0.4) is 0 Å². The predicted octanol–water partition coefficient (Wildman–Crippen LogP) is 2.99. The molecule has 0 unspecified atom stereocenters. The maximum Gasteiger partial charge on any atom is 0.158 e. The second-order valence-corrected chi connectivity index (χ2v) is 9.01. The maximum atomic E-state index is 10.0. The van der Waals surface area contributed by atoms with Gasteiger partial charge in [-0.2, -0.15) is 5.10 Å². The number of nitrogens with one attached hydrogen (secondary N) is 2. The first kappa shape index (κ1) is 20.8. The molecule has 1 aromatic carbocycles. The molecule has 1 spiro atoms. The molecule has 1 atom stereocenters. The first-order valence-electron chi connectivity index (χ1n) is 11.1. The van der Waals surface area contributed by atoms with Crippen LogP contribution in [0.15, 0.2) is 24.4 Å². The molecule has 3 aromatic rings. The van der Waals surface area contributed by atoms with Crippen LogP contribution < -0.4 is 10.2 Å². The smallest absolute Gasteiger partial charge is 0.158 e. The van der Waals surface area contributed by atoms with Crippen LogP contribution >= 0.6 is 0 Å². The Morgan fingerprint density at radius 3 is 2.81 bits per heavy atom. The minimum atomic E-state index is -0.210. The fourth-order valence-electron chi connectivity index (χ4n) is 4.99. The molecule has 0 saturated carbocycles. The molecule has 2 fully saturated rings. The molecular formula is C23H29N7O2. The molecule has 9 nitrogen and oxygen atoms in total. The van der Waals surface area contributed by atoms with Gasteiger partial charge in [0.1, 0.15) is 11.4 Å². The molecule has 2 aliphatic rings. The molecule has 2 saturated heterocycles. The lowest BCUT2D eigenvalue weighted by Gasteiger charge is -2.39. The highest BCUT2D eigenvalue weighted by molar-refractivity contribution is 5.87. The van der Waals surface area contributed by atoms with Crippen LogP contribution in [0.25, 0.3) is 10.9 Å². The van der Waals surface area contributed by atoms with Crippen molar-refractivity contribution in [2.45, 2.75) is 38.9 Å². The molecule has 0 radical (unpaired) electrons. The molecule has 3 N–H and O–H groups in total. The summed E-state index contributed by atoms with van der Waals surface area (Å²) in [6, 6.07) is 5.92. The normalized spacial score (nSPS) is 20.2.